The van der Waals surface area contributed by atoms with Crippen molar-refractivity contribution in [3.63, 3.8) is 0 Å². The molecule has 2 aliphatic rings. The maximum atomic E-state index is 12.4. The largest absolute Gasteiger partial charge is 0.360 e. The minimum atomic E-state index is -1.53. The van der Waals surface area contributed by atoms with Crippen LogP contribution in [0.15, 0.2) is 140 Å². The monoisotopic (exact) mass is 481 g/mol. The van der Waals surface area contributed by atoms with E-state index in [1.54, 1.807) is 0 Å². The summed E-state index contributed by atoms with van der Waals surface area (Å²) in [6.45, 7) is 0.252. The van der Waals surface area contributed by atoms with Crippen LogP contribution in [0.4, 0.5) is 0 Å². The van der Waals surface area contributed by atoms with Gasteiger partial charge < -0.3 is 9.84 Å². The Labute approximate surface area is 217 Å². The lowest BCUT2D eigenvalue weighted by molar-refractivity contribution is -0.189. The van der Waals surface area contributed by atoms with Gasteiger partial charge in [-0.05, 0) is 33.4 Å². The van der Waals surface area contributed by atoms with Crippen LogP contribution >= 0.6 is 0 Å². The highest BCUT2D eigenvalue weighted by molar-refractivity contribution is 5.83. The third-order valence-electron chi connectivity index (χ3n) is 7.95. The van der Waals surface area contributed by atoms with E-state index in [2.05, 4.69) is 95.9 Å². The molecule has 3 heteroatoms. The molecule has 0 radical (unpaired) electrons. The zero-order valence-electron chi connectivity index (χ0n) is 20.4. The summed E-state index contributed by atoms with van der Waals surface area (Å²) in [5, 5.41) is 12.4. The molecule has 0 amide bonds. The average Bonchev–Trinajstić information content (AvgIpc) is 3.48. The molecule has 1 heterocycles. The van der Waals surface area contributed by atoms with Gasteiger partial charge in [0.15, 0.2) is 0 Å². The van der Waals surface area contributed by atoms with Gasteiger partial charge in [0.1, 0.15) is 12.3 Å². The van der Waals surface area contributed by atoms with Crippen molar-refractivity contribution in [3.05, 3.63) is 167 Å². The van der Waals surface area contributed by atoms with Gasteiger partial charge in [-0.3, -0.25) is 0 Å². The SMILES string of the molecule is OC1(c2ccccc2)OCN(C2(c3ccccc3)c3ccccc3-c3ccccc32)[C@H]1c1ccccc1. The normalized spacial score (nSPS) is 21.9. The molecule has 1 N–H and O–H groups in total. The van der Waals surface area contributed by atoms with Crippen LogP contribution < -0.4 is 0 Å². The third kappa shape index (κ3) is 3.12. The average molecular weight is 482 g/mol. The van der Waals surface area contributed by atoms with Crippen molar-refractivity contribution in [2.45, 2.75) is 17.4 Å². The Kier molecular flexibility index (Phi) is 5.12. The van der Waals surface area contributed by atoms with Crippen molar-refractivity contribution in [1.82, 2.24) is 4.90 Å². The standard InChI is InChI=1S/C34H27NO2/c36-34(27-18-8-3-9-19-27)32(25-14-4-1-5-15-25)35(24-37-34)33(26-16-6-2-7-17-26)30-22-12-10-20-28(30)29-21-11-13-23-31(29)33/h1-23,32,36H,24H2/t32-,34?/m0/s1. The van der Waals surface area contributed by atoms with Crippen LogP contribution in [-0.4, -0.2) is 16.7 Å². The summed E-state index contributed by atoms with van der Waals surface area (Å²) in [7, 11) is 0. The van der Waals surface area contributed by atoms with Crippen molar-refractivity contribution in [2.24, 2.45) is 0 Å². The van der Waals surface area contributed by atoms with E-state index in [1.165, 1.54) is 22.3 Å². The van der Waals surface area contributed by atoms with E-state index in [-0.39, 0.29) is 6.73 Å². The Morgan fingerprint density at radius 3 is 1.59 bits per heavy atom. The first-order valence-corrected chi connectivity index (χ1v) is 12.7. The lowest BCUT2D eigenvalue weighted by atomic mass is 9.77. The minimum Gasteiger partial charge on any atom is -0.360 e. The molecule has 2 atom stereocenters. The smallest absolute Gasteiger partial charge is 0.214 e. The molecular formula is C34H27NO2. The minimum absolute atomic E-state index is 0.252. The van der Waals surface area contributed by atoms with Gasteiger partial charge in [0.05, 0.1) is 6.04 Å². The van der Waals surface area contributed by atoms with Crippen LogP contribution in [0, 0.1) is 0 Å². The van der Waals surface area contributed by atoms with Crippen LogP contribution in [0.5, 0.6) is 0 Å². The number of aliphatic hydroxyl groups is 1. The van der Waals surface area contributed by atoms with Crippen LogP contribution in [0.1, 0.15) is 33.9 Å². The zero-order chi connectivity index (χ0) is 24.9. The van der Waals surface area contributed by atoms with E-state index >= 15 is 0 Å². The first kappa shape index (κ1) is 22.2. The summed E-state index contributed by atoms with van der Waals surface area (Å²) >= 11 is 0. The van der Waals surface area contributed by atoms with Gasteiger partial charge in [0.2, 0.25) is 5.79 Å². The molecule has 1 fully saturated rings. The van der Waals surface area contributed by atoms with Crippen molar-refractivity contribution >= 4 is 0 Å². The Balaban J connectivity index is 1.56. The Hall–Kier alpha value is -4.02. The molecular weight excluding hydrogens is 454 g/mol. The highest BCUT2D eigenvalue weighted by atomic mass is 16.6. The van der Waals surface area contributed by atoms with Gasteiger partial charge in [-0.2, -0.15) is 0 Å². The van der Waals surface area contributed by atoms with Crippen LogP contribution in [0.3, 0.4) is 0 Å². The Morgan fingerprint density at radius 2 is 1.03 bits per heavy atom. The summed E-state index contributed by atoms with van der Waals surface area (Å²) in [5.74, 6) is -1.53. The fourth-order valence-corrected chi connectivity index (χ4v) is 6.46. The van der Waals surface area contributed by atoms with Crippen molar-refractivity contribution < 1.29 is 9.84 Å². The van der Waals surface area contributed by atoms with Crippen LogP contribution in [0.2, 0.25) is 0 Å². The van der Waals surface area contributed by atoms with E-state index in [9.17, 15) is 5.11 Å². The molecule has 3 nitrogen and oxygen atoms in total. The quantitative estimate of drug-likeness (QED) is 0.305. The molecule has 0 aromatic heterocycles. The number of rotatable bonds is 4. The van der Waals surface area contributed by atoms with Crippen LogP contribution in [-0.2, 0) is 16.1 Å². The Bertz CT molecular complexity index is 1510. The van der Waals surface area contributed by atoms with Gasteiger partial charge in [0, 0.05) is 5.56 Å². The zero-order valence-corrected chi connectivity index (χ0v) is 20.4. The summed E-state index contributed by atoms with van der Waals surface area (Å²) in [5.41, 5.74) is 7.06. The van der Waals surface area contributed by atoms with Crippen LogP contribution in [0.25, 0.3) is 11.1 Å². The maximum Gasteiger partial charge on any atom is 0.214 e. The van der Waals surface area contributed by atoms with Gasteiger partial charge in [-0.1, -0.05) is 140 Å². The second-order valence-corrected chi connectivity index (χ2v) is 9.79. The van der Waals surface area contributed by atoms with Gasteiger partial charge in [-0.25, -0.2) is 4.90 Å². The number of hydrogen-bond donors (Lipinski definition) is 1. The second kappa shape index (κ2) is 8.53. The molecule has 1 unspecified atom stereocenters. The molecule has 0 spiro atoms. The summed E-state index contributed by atoms with van der Waals surface area (Å²) < 4.78 is 6.48. The predicted molar refractivity (Wildman–Crippen MR) is 146 cm³/mol. The lowest BCUT2D eigenvalue weighted by Crippen LogP contribution is -2.49. The highest BCUT2D eigenvalue weighted by Gasteiger charge is 2.60. The molecule has 1 aliphatic heterocycles. The molecule has 5 aromatic rings. The topological polar surface area (TPSA) is 32.7 Å². The molecule has 0 saturated carbocycles. The number of fused-ring (bicyclic) bond motifs is 3. The number of ether oxygens (including phenoxy) is 1. The van der Waals surface area contributed by atoms with Crippen molar-refractivity contribution in [3.8, 4) is 11.1 Å². The van der Waals surface area contributed by atoms with Gasteiger partial charge in [0.25, 0.3) is 0 Å². The summed E-state index contributed by atoms with van der Waals surface area (Å²) in [6.07, 6.45) is 0. The van der Waals surface area contributed by atoms with Crippen molar-refractivity contribution in [1.29, 1.82) is 0 Å². The van der Waals surface area contributed by atoms with E-state index < -0.39 is 17.4 Å². The first-order chi connectivity index (χ1) is 18.2. The lowest BCUT2D eigenvalue weighted by Gasteiger charge is -2.45. The molecule has 1 aliphatic carbocycles. The van der Waals surface area contributed by atoms with E-state index in [0.29, 0.717) is 0 Å². The van der Waals surface area contributed by atoms with E-state index in [4.69, 9.17) is 4.74 Å². The predicted octanol–water partition coefficient (Wildman–Crippen LogP) is 6.84. The number of benzene rings is 5. The van der Waals surface area contributed by atoms with Gasteiger partial charge >= 0.3 is 0 Å². The summed E-state index contributed by atoms with van der Waals surface area (Å²) in [6, 6.07) is 47.5. The molecule has 180 valence electrons. The van der Waals surface area contributed by atoms with E-state index in [0.717, 1.165) is 16.7 Å². The molecule has 7 rings (SSSR count). The Morgan fingerprint density at radius 1 is 0.568 bits per heavy atom. The number of hydrogen-bond acceptors (Lipinski definition) is 3. The first-order valence-electron chi connectivity index (χ1n) is 12.7. The second-order valence-electron chi connectivity index (χ2n) is 9.79. The fourth-order valence-electron chi connectivity index (χ4n) is 6.46. The third-order valence-corrected chi connectivity index (χ3v) is 7.95. The molecule has 0 bridgehead atoms. The number of nitrogens with zero attached hydrogens (tertiary/aromatic N) is 1. The maximum absolute atomic E-state index is 12.4. The highest BCUT2D eigenvalue weighted by Crippen LogP contribution is 2.60. The molecule has 5 aromatic carbocycles. The fraction of sp³-hybridized carbons (Fsp3) is 0.118. The summed E-state index contributed by atoms with van der Waals surface area (Å²) in [4.78, 5) is 2.36. The van der Waals surface area contributed by atoms with E-state index in [1.807, 2.05) is 48.5 Å². The molecule has 37 heavy (non-hydrogen) atoms. The molecule has 1 saturated heterocycles. The van der Waals surface area contributed by atoms with Crippen molar-refractivity contribution in [2.75, 3.05) is 6.73 Å². The van der Waals surface area contributed by atoms with Gasteiger partial charge in [-0.15, -0.1) is 0 Å².